The van der Waals surface area contributed by atoms with E-state index < -0.39 is 12.2 Å². The number of aliphatic hydroxyl groups is 3. The molecule has 0 bridgehead atoms. The van der Waals surface area contributed by atoms with E-state index in [2.05, 4.69) is 15.5 Å². The summed E-state index contributed by atoms with van der Waals surface area (Å²) in [4.78, 5) is 15.5. The molecular formula is C14H19N3O4. The van der Waals surface area contributed by atoms with Crippen LogP contribution in [0.25, 0.3) is 0 Å². The van der Waals surface area contributed by atoms with Crippen LogP contribution in [0.15, 0.2) is 29.6 Å². The Labute approximate surface area is 122 Å². The Bertz CT molecular complexity index is 494. The van der Waals surface area contributed by atoms with Crippen molar-refractivity contribution in [3.05, 3.63) is 30.1 Å². The lowest BCUT2D eigenvalue weighted by atomic mass is 9.92. The Balaban J connectivity index is 1.84. The summed E-state index contributed by atoms with van der Waals surface area (Å²) in [6.07, 6.45) is 3.77. The van der Waals surface area contributed by atoms with Crippen LogP contribution in [-0.2, 0) is 0 Å². The summed E-state index contributed by atoms with van der Waals surface area (Å²) in [6, 6.07) is 3.15. The van der Waals surface area contributed by atoms with Crippen molar-refractivity contribution in [3.63, 3.8) is 0 Å². The topological polar surface area (TPSA) is 115 Å². The van der Waals surface area contributed by atoms with Gasteiger partial charge < -0.3 is 15.3 Å². The minimum atomic E-state index is -0.699. The first kappa shape index (κ1) is 15.6. The number of nitrogens with zero attached hydrogens (tertiary/aromatic N) is 2. The number of amides is 1. The molecule has 1 heterocycles. The van der Waals surface area contributed by atoms with Crippen molar-refractivity contribution in [3.8, 4) is 0 Å². The van der Waals surface area contributed by atoms with Crippen molar-refractivity contribution in [1.82, 2.24) is 10.4 Å². The van der Waals surface area contributed by atoms with Gasteiger partial charge in [-0.15, -0.1) is 0 Å². The van der Waals surface area contributed by atoms with Crippen LogP contribution in [-0.4, -0.2) is 51.2 Å². The second-order valence-corrected chi connectivity index (χ2v) is 5.10. The van der Waals surface area contributed by atoms with E-state index in [4.69, 9.17) is 0 Å². The molecule has 1 aliphatic carbocycles. The van der Waals surface area contributed by atoms with Crippen molar-refractivity contribution in [2.45, 2.75) is 25.0 Å². The van der Waals surface area contributed by atoms with Crippen molar-refractivity contribution < 1.29 is 20.1 Å². The highest BCUT2D eigenvalue weighted by atomic mass is 16.3. The number of hydrazone groups is 1. The predicted molar refractivity (Wildman–Crippen MR) is 75.5 cm³/mol. The number of pyridine rings is 1. The molecule has 1 amide bonds. The molecule has 0 aromatic carbocycles. The number of aliphatic hydroxyl groups excluding tert-OH is 3. The first-order valence-corrected chi connectivity index (χ1v) is 6.82. The maximum absolute atomic E-state index is 11.7. The van der Waals surface area contributed by atoms with Crippen LogP contribution in [0.4, 0.5) is 0 Å². The van der Waals surface area contributed by atoms with Crippen molar-refractivity contribution in [1.29, 1.82) is 0 Å². The Morgan fingerprint density at radius 1 is 1.33 bits per heavy atom. The molecule has 0 unspecified atom stereocenters. The van der Waals surface area contributed by atoms with Gasteiger partial charge in [0.2, 0.25) is 0 Å². The van der Waals surface area contributed by atoms with Crippen molar-refractivity contribution in [2.75, 3.05) is 6.61 Å². The lowest BCUT2D eigenvalue weighted by molar-refractivity contribution is 0.0695. The van der Waals surface area contributed by atoms with E-state index in [9.17, 15) is 20.1 Å². The predicted octanol–water partition coefficient (Wildman–Crippen LogP) is -0.463. The molecule has 7 nitrogen and oxygen atoms in total. The molecule has 0 saturated heterocycles. The Morgan fingerprint density at radius 2 is 2.00 bits per heavy atom. The van der Waals surface area contributed by atoms with E-state index in [1.807, 2.05) is 0 Å². The number of carbonyl (C=O) groups excluding carboxylic acids is 1. The van der Waals surface area contributed by atoms with Gasteiger partial charge in [-0.2, -0.15) is 5.10 Å². The van der Waals surface area contributed by atoms with E-state index in [-0.39, 0.29) is 30.8 Å². The molecular weight excluding hydrogens is 274 g/mol. The van der Waals surface area contributed by atoms with Gasteiger partial charge in [-0.1, -0.05) is 0 Å². The quantitative estimate of drug-likeness (QED) is 0.433. The highest BCUT2D eigenvalue weighted by molar-refractivity contribution is 5.94. The summed E-state index contributed by atoms with van der Waals surface area (Å²) in [5.74, 6) is -0.965. The third kappa shape index (κ3) is 3.84. The summed E-state index contributed by atoms with van der Waals surface area (Å²) in [7, 11) is 0. The first-order chi connectivity index (χ1) is 10.1. The van der Waals surface area contributed by atoms with E-state index in [0.717, 1.165) is 0 Å². The molecule has 0 aliphatic heterocycles. The molecule has 1 aliphatic rings. The molecule has 114 valence electrons. The third-order valence-corrected chi connectivity index (χ3v) is 3.81. The normalized spacial score (nSPS) is 28.9. The lowest BCUT2D eigenvalue weighted by Crippen LogP contribution is -2.26. The number of hydrogen-bond donors (Lipinski definition) is 4. The van der Waals surface area contributed by atoms with Crippen LogP contribution in [0.1, 0.15) is 23.2 Å². The van der Waals surface area contributed by atoms with E-state index >= 15 is 0 Å². The summed E-state index contributed by atoms with van der Waals surface area (Å²) >= 11 is 0. The highest BCUT2D eigenvalue weighted by Gasteiger charge is 2.40. The Hall–Kier alpha value is -1.83. The van der Waals surface area contributed by atoms with Crippen LogP contribution in [0, 0.1) is 11.8 Å². The van der Waals surface area contributed by atoms with Gasteiger partial charge in [-0.05, 0) is 30.9 Å². The SMILES string of the molecule is O=C(NN=CC[C@H]1[C@H](CO)[C@@H](O)C[C@H]1O)c1ccncc1. The third-order valence-electron chi connectivity index (χ3n) is 3.81. The summed E-state index contributed by atoms with van der Waals surface area (Å²) in [5, 5.41) is 32.6. The fraction of sp³-hybridized carbons (Fsp3) is 0.500. The smallest absolute Gasteiger partial charge is 0.271 e. The van der Waals surface area contributed by atoms with Gasteiger partial charge in [0.1, 0.15) is 0 Å². The van der Waals surface area contributed by atoms with Gasteiger partial charge in [0.15, 0.2) is 0 Å². The highest BCUT2D eigenvalue weighted by Crippen LogP contribution is 2.33. The van der Waals surface area contributed by atoms with Gasteiger partial charge >= 0.3 is 0 Å². The molecule has 1 saturated carbocycles. The maximum Gasteiger partial charge on any atom is 0.271 e. The standard InChI is InChI=1S/C14H19N3O4/c18-8-11-10(12(19)7-13(11)20)3-6-16-17-14(21)9-1-4-15-5-2-9/h1-2,4-6,10-13,18-20H,3,7-8H2,(H,17,21)/t10-,11-,12+,13-/m0/s1. The fourth-order valence-corrected chi connectivity index (χ4v) is 2.60. The number of rotatable bonds is 5. The van der Waals surface area contributed by atoms with Gasteiger partial charge in [0.25, 0.3) is 5.91 Å². The minimum absolute atomic E-state index is 0.180. The Morgan fingerprint density at radius 3 is 2.67 bits per heavy atom. The number of aromatic nitrogens is 1. The maximum atomic E-state index is 11.7. The van der Waals surface area contributed by atoms with Crippen molar-refractivity contribution >= 4 is 12.1 Å². The van der Waals surface area contributed by atoms with Crippen LogP contribution < -0.4 is 5.43 Å². The first-order valence-electron chi connectivity index (χ1n) is 6.82. The zero-order chi connectivity index (χ0) is 15.2. The molecule has 0 radical (unpaired) electrons. The molecule has 4 atom stereocenters. The molecule has 2 rings (SSSR count). The molecule has 21 heavy (non-hydrogen) atoms. The molecule has 1 aromatic heterocycles. The van der Waals surface area contributed by atoms with Crippen LogP contribution >= 0.6 is 0 Å². The number of hydrogen-bond acceptors (Lipinski definition) is 6. The minimum Gasteiger partial charge on any atom is -0.396 e. The van der Waals surface area contributed by atoms with E-state index in [0.29, 0.717) is 12.0 Å². The molecule has 7 heteroatoms. The average molecular weight is 293 g/mol. The molecule has 0 spiro atoms. The molecule has 4 N–H and O–H groups in total. The van der Waals surface area contributed by atoms with Gasteiger partial charge in [0.05, 0.1) is 12.2 Å². The largest absolute Gasteiger partial charge is 0.396 e. The zero-order valence-electron chi connectivity index (χ0n) is 11.5. The van der Waals surface area contributed by atoms with Crippen LogP contribution in [0.3, 0.4) is 0 Å². The van der Waals surface area contributed by atoms with E-state index in [1.54, 1.807) is 12.1 Å². The second kappa shape index (κ2) is 7.26. The van der Waals surface area contributed by atoms with Gasteiger partial charge in [-0.25, -0.2) is 5.43 Å². The Kier molecular flexibility index (Phi) is 5.38. The number of nitrogens with one attached hydrogen (secondary N) is 1. The lowest BCUT2D eigenvalue weighted by Gasteiger charge is -2.19. The number of carbonyl (C=O) groups is 1. The van der Waals surface area contributed by atoms with Crippen LogP contribution in [0.5, 0.6) is 0 Å². The molecule has 1 fully saturated rings. The zero-order valence-corrected chi connectivity index (χ0v) is 11.5. The second-order valence-electron chi connectivity index (χ2n) is 5.10. The van der Waals surface area contributed by atoms with Crippen molar-refractivity contribution in [2.24, 2.45) is 16.9 Å². The summed E-state index contributed by atoms with van der Waals surface area (Å²) in [6.45, 7) is -0.180. The summed E-state index contributed by atoms with van der Waals surface area (Å²) in [5.41, 5.74) is 2.83. The van der Waals surface area contributed by atoms with E-state index in [1.165, 1.54) is 18.6 Å². The fourth-order valence-electron chi connectivity index (χ4n) is 2.60. The summed E-state index contributed by atoms with van der Waals surface area (Å²) < 4.78 is 0. The van der Waals surface area contributed by atoms with Gasteiger partial charge in [0, 0.05) is 36.7 Å². The van der Waals surface area contributed by atoms with Crippen LogP contribution in [0.2, 0.25) is 0 Å². The van der Waals surface area contributed by atoms with Gasteiger partial charge in [-0.3, -0.25) is 9.78 Å². The molecule has 1 aromatic rings. The monoisotopic (exact) mass is 293 g/mol. The average Bonchev–Trinajstić information content (AvgIpc) is 2.77.